The van der Waals surface area contributed by atoms with E-state index in [1.165, 1.54) is 5.56 Å². The first-order valence-electron chi connectivity index (χ1n) is 10.8. The van der Waals surface area contributed by atoms with Gasteiger partial charge in [-0.25, -0.2) is 0 Å². The highest BCUT2D eigenvalue weighted by atomic mass is 35.5. The van der Waals surface area contributed by atoms with Crippen LogP contribution >= 0.6 is 22.9 Å². The molecule has 2 saturated heterocycles. The molecule has 1 atom stereocenters. The third kappa shape index (κ3) is 5.62. The number of aliphatic hydroxyl groups is 1. The number of benzene rings is 1. The Hall–Kier alpha value is -1.44. The monoisotopic (exact) mass is 447 g/mol. The SMILES string of the molecule is O=C(CN1CCC(C(O)c2ccc(Cl)cc2)CC1)N1CCN(Cc2ccsc2)CC1. The fourth-order valence-electron chi connectivity index (χ4n) is 4.45. The average molecular weight is 448 g/mol. The molecule has 7 heteroatoms. The lowest BCUT2D eigenvalue weighted by molar-refractivity contribution is -0.134. The summed E-state index contributed by atoms with van der Waals surface area (Å²) in [6, 6.07) is 9.64. The smallest absolute Gasteiger partial charge is 0.236 e. The largest absolute Gasteiger partial charge is 0.388 e. The summed E-state index contributed by atoms with van der Waals surface area (Å²) in [4.78, 5) is 19.4. The number of carbonyl (C=O) groups excluding carboxylic acids is 1. The Morgan fingerprint density at radius 1 is 1.03 bits per heavy atom. The van der Waals surface area contributed by atoms with E-state index in [1.807, 2.05) is 29.2 Å². The Kier molecular flexibility index (Phi) is 7.44. The molecule has 2 aromatic rings. The van der Waals surface area contributed by atoms with Crippen LogP contribution in [0.2, 0.25) is 5.02 Å². The molecule has 5 nitrogen and oxygen atoms in total. The molecule has 0 saturated carbocycles. The Labute approximate surface area is 187 Å². The highest BCUT2D eigenvalue weighted by Crippen LogP contribution is 2.31. The minimum absolute atomic E-state index is 0.234. The average Bonchev–Trinajstić information content (AvgIpc) is 3.28. The number of piperidine rings is 1. The first-order chi connectivity index (χ1) is 14.6. The molecule has 3 heterocycles. The molecule has 1 unspecified atom stereocenters. The van der Waals surface area contributed by atoms with Gasteiger partial charge in [0.2, 0.25) is 5.91 Å². The minimum atomic E-state index is -0.462. The number of halogens is 1. The van der Waals surface area contributed by atoms with Crippen molar-refractivity contribution in [1.29, 1.82) is 0 Å². The quantitative estimate of drug-likeness (QED) is 0.736. The van der Waals surface area contributed by atoms with Crippen LogP contribution in [0.5, 0.6) is 0 Å². The van der Waals surface area contributed by atoms with Crippen molar-refractivity contribution in [1.82, 2.24) is 14.7 Å². The molecule has 1 amide bonds. The molecule has 2 aliphatic heterocycles. The van der Waals surface area contributed by atoms with E-state index in [1.54, 1.807) is 11.3 Å². The van der Waals surface area contributed by atoms with Gasteiger partial charge in [-0.05, 0) is 71.9 Å². The maximum absolute atomic E-state index is 12.8. The summed E-state index contributed by atoms with van der Waals surface area (Å²) in [5, 5.41) is 15.7. The van der Waals surface area contributed by atoms with Crippen LogP contribution in [0.3, 0.4) is 0 Å². The molecular formula is C23H30ClN3O2S. The van der Waals surface area contributed by atoms with E-state index in [2.05, 4.69) is 26.6 Å². The maximum Gasteiger partial charge on any atom is 0.236 e. The van der Waals surface area contributed by atoms with Crippen LogP contribution < -0.4 is 0 Å². The zero-order chi connectivity index (χ0) is 20.9. The first kappa shape index (κ1) is 21.8. The highest BCUT2D eigenvalue weighted by Gasteiger charge is 2.28. The molecular weight excluding hydrogens is 418 g/mol. The third-order valence-corrected chi connectivity index (χ3v) is 7.34. The Morgan fingerprint density at radius 2 is 1.73 bits per heavy atom. The van der Waals surface area contributed by atoms with E-state index < -0.39 is 6.10 Å². The number of carbonyl (C=O) groups is 1. The summed E-state index contributed by atoms with van der Waals surface area (Å²) in [5.41, 5.74) is 2.29. The van der Waals surface area contributed by atoms with Gasteiger partial charge in [0.1, 0.15) is 0 Å². The highest BCUT2D eigenvalue weighted by molar-refractivity contribution is 7.07. The predicted molar refractivity (Wildman–Crippen MR) is 122 cm³/mol. The first-order valence-corrected chi connectivity index (χ1v) is 12.1. The van der Waals surface area contributed by atoms with Crippen LogP contribution in [0.25, 0.3) is 0 Å². The minimum Gasteiger partial charge on any atom is -0.388 e. The van der Waals surface area contributed by atoms with Gasteiger partial charge < -0.3 is 10.0 Å². The number of hydrogen-bond acceptors (Lipinski definition) is 5. The molecule has 0 aliphatic carbocycles. The van der Waals surface area contributed by atoms with Crippen molar-refractivity contribution in [3.8, 4) is 0 Å². The molecule has 0 bridgehead atoms. The van der Waals surface area contributed by atoms with Gasteiger partial charge in [0.15, 0.2) is 0 Å². The van der Waals surface area contributed by atoms with E-state index in [-0.39, 0.29) is 11.8 Å². The topological polar surface area (TPSA) is 47.0 Å². The third-order valence-electron chi connectivity index (χ3n) is 6.36. The van der Waals surface area contributed by atoms with Gasteiger partial charge in [0.25, 0.3) is 0 Å². The van der Waals surface area contributed by atoms with Crippen molar-refractivity contribution in [2.75, 3.05) is 45.8 Å². The van der Waals surface area contributed by atoms with Gasteiger partial charge in [-0.15, -0.1) is 0 Å². The molecule has 30 heavy (non-hydrogen) atoms. The van der Waals surface area contributed by atoms with Crippen LogP contribution in [0.15, 0.2) is 41.1 Å². The normalized spacial score (nSPS) is 20.4. The zero-order valence-electron chi connectivity index (χ0n) is 17.3. The maximum atomic E-state index is 12.8. The number of thiophene rings is 1. The second-order valence-electron chi connectivity index (χ2n) is 8.40. The molecule has 1 aromatic carbocycles. The van der Waals surface area contributed by atoms with Crippen LogP contribution in [-0.2, 0) is 11.3 Å². The summed E-state index contributed by atoms with van der Waals surface area (Å²) >= 11 is 7.68. The number of amides is 1. The molecule has 4 rings (SSSR count). The summed E-state index contributed by atoms with van der Waals surface area (Å²) < 4.78 is 0. The number of nitrogens with zero attached hydrogens (tertiary/aromatic N) is 3. The zero-order valence-corrected chi connectivity index (χ0v) is 18.8. The van der Waals surface area contributed by atoms with Crippen LogP contribution in [0, 0.1) is 5.92 Å². The van der Waals surface area contributed by atoms with Crippen molar-refractivity contribution in [3.63, 3.8) is 0 Å². The van der Waals surface area contributed by atoms with Crippen LogP contribution in [0.4, 0.5) is 0 Å². The van der Waals surface area contributed by atoms with E-state index in [0.29, 0.717) is 11.6 Å². The number of hydrogen-bond donors (Lipinski definition) is 1. The lowest BCUT2D eigenvalue weighted by Crippen LogP contribution is -2.51. The van der Waals surface area contributed by atoms with Gasteiger partial charge in [-0.2, -0.15) is 11.3 Å². The molecule has 2 fully saturated rings. The van der Waals surface area contributed by atoms with E-state index in [4.69, 9.17) is 11.6 Å². The Morgan fingerprint density at radius 3 is 2.37 bits per heavy atom. The number of likely N-dealkylation sites (tertiary alicyclic amines) is 1. The van der Waals surface area contributed by atoms with Gasteiger partial charge in [-0.1, -0.05) is 23.7 Å². The lowest BCUT2D eigenvalue weighted by Gasteiger charge is -2.37. The van der Waals surface area contributed by atoms with E-state index >= 15 is 0 Å². The van der Waals surface area contributed by atoms with Crippen molar-refractivity contribution < 1.29 is 9.90 Å². The van der Waals surface area contributed by atoms with Gasteiger partial charge in [0, 0.05) is 37.7 Å². The molecule has 1 aromatic heterocycles. The van der Waals surface area contributed by atoms with Crippen molar-refractivity contribution in [3.05, 3.63) is 57.2 Å². The van der Waals surface area contributed by atoms with E-state index in [9.17, 15) is 9.90 Å². The lowest BCUT2D eigenvalue weighted by atomic mass is 9.87. The summed E-state index contributed by atoms with van der Waals surface area (Å²) in [7, 11) is 0. The van der Waals surface area contributed by atoms with Crippen molar-refractivity contribution in [2.45, 2.75) is 25.5 Å². The van der Waals surface area contributed by atoms with Gasteiger partial charge in [-0.3, -0.25) is 14.6 Å². The fraction of sp³-hybridized carbons (Fsp3) is 0.522. The number of piperazine rings is 1. The molecule has 0 radical (unpaired) electrons. The number of rotatable bonds is 6. The number of aliphatic hydroxyl groups excluding tert-OH is 1. The standard InChI is InChI=1S/C23H30ClN3O2S/c24-21-3-1-19(2-4-21)23(29)20-5-8-25(9-6-20)16-22(28)27-12-10-26(11-13-27)15-18-7-14-30-17-18/h1-4,7,14,17,20,23,29H,5-6,8-13,15-16H2. The second kappa shape index (κ2) is 10.2. The van der Waals surface area contributed by atoms with E-state index in [0.717, 1.165) is 64.2 Å². The molecule has 1 N–H and O–H groups in total. The fourth-order valence-corrected chi connectivity index (χ4v) is 5.23. The van der Waals surface area contributed by atoms with Crippen LogP contribution in [0.1, 0.15) is 30.1 Å². The summed E-state index contributed by atoms with van der Waals surface area (Å²) in [5.74, 6) is 0.472. The van der Waals surface area contributed by atoms with Gasteiger partial charge >= 0.3 is 0 Å². The summed E-state index contributed by atoms with van der Waals surface area (Å²) in [6.45, 7) is 6.71. The second-order valence-corrected chi connectivity index (χ2v) is 9.61. The molecule has 2 aliphatic rings. The van der Waals surface area contributed by atoms with Crippen molar-refractivity contribution >= 4 is 28.8 Å². The Bertz CT molecular complexity index is 798. The molecule has 162 valence electrons. The van der Waals surface area contributed by atoms with Gasteiger partial charge in [0.05, 0.1) is 12.6 Å². The van der Waals surface area contributed by atoms with Crippen molar-refractivity contribution in [2.24, 2.45) is 5.92 Å². The molecule has 0 spiro atoms. The Balaban J connectivity index is 1.19. The predicted octanol–water partition coefficient (Wildman–Crippen LogP) is 3.49. The summed E-state index contributed by atoms with van der Waals surface area (Å²) in [6.07, 6.45) is 1.35. The van der Waals surface area contributed by atoms with Crippen LogP contribution in [-0.4, -0.2) is 71.5 Å².